The van der Waals surface area contributed by atoms with Crippen molar-refractivity contribution in [3.63, 3.8) is 0 Å². The van der Waals surface area contributed by atoms with Gasteiger partial charge in [0.05, 0.1) is 29.5 Å². The molecule has 1 aromatic carbocycles. The zero-order valence-corrected chi connectivity index (χ0v) is 11.3. The molecule has 2 N–H and O–H groups in total. The predicted molar refractivity (Wildman–Crippen MR) is 73.2 cm³/mol. The second-order valence-corrected chi connectivity index (χ2v) is 4.64. The van der Waals surface area contributed by atoms with Crippen LogP contribution in [0.15, 0.2) is 24.5 Å². The number of aromatic nitrogens is 2. The van der Waals surface area contributed by atoms with Crippen molar-refractivity contribution in [1.29, 1.82) is 0 Å². The fraction of sp³-hybridized carbons (Fsp3) is 0.357. The summed E-state index contributed by atoms with van der Waals surface area (Å²) in [6, 6.07) is 5.80. The van der Waals surface area contributed by atoms with E-state index in [0.717, 1.165) is 17.1 Å². The molecule has 0 radical (unpaired) electrons. The molecule has 96 valence electrons. The second-order valence-electron chi connectivity index (χ2n) is 4.64. The number of rotatable bonds is 3. The highest BCUT2D eigenvalue weighted by Crippen LogP contribution is 2.30. The van der Waals surface area contributed by atoms with Gasteiger partial charge in [0.2, 0.25) is 0 Å². The molecule has 4 nitrogen and oxygen atoms in total. The van der Waals surface area contributed by atoms with Crippen LogP contribution < -0.4 is 10.5 Å². The quantitative estimate of drug-likeness (QED) is 0.846. The van der Waals surface area contributed by atoms with Gasteiger partial charge in [-0.05, 0) is 39.8 Å². The Bertz CT molecular complexity index is 558. The van der Waals surface area contributed by atoms with Crippen molar-refractivity contribution in [3.05, 3.63) is 35.9 Å². The number of para-hydroxylation sites is 1. The number of ether oxygens (including phenoxy) is 1. The molecule has 0 aliphatic carbocycles. The maximum atomic E-state index is 6.17. The molecule has 0 aliphatic heterocycles. The molecule has 0 spiro atoms. The first-order chi connectivity index (χ1) is 8.50. The smallest absolute Gasteiger partial charge is 0.144 e. The van der Waals surface area contributed by atoms with Crippen LogP contribution in [0.5, 0.6) is 5.75 Å². The maximum absolute atomic E-state index is 6.17. The summed E-state index contributed by atoms with van der Waals surface area (Å²) in [4.78, 5) is 4.29. The highest BCUT2D eigenvalue weighted by molar-refractivity contribution is 5.67. The number of hydrogen-bond donors (Lipinski definition) is 1. The zero-order chi connectivity index (χ0) is 13.3. The van der Waals surface area contributed by atoms with Gasteiger partial charge in [-0.2, -0.15) is 0 Å². The molecule has 0 fully saturated rings. The third-order valence-electron chi connectivity index (χ3n) is 2.92. The lowest BCUT2D eigenvalue weighted by Gasteiger charge is -2.15. The average Bonchev–Trinajstić information content (AvgIpc) is 2.63. The van der Waals surface area contributed by atoms with Crippen LogP contribution in [0.25, 0.3) is 5.69 Å². The summed E-state index contributed by atoms with van der Waals surface area (Å²) in [5.41, 5.74) is 9.81. The zero-order valence-electron chi connectivity index (χ0n) is 11.3. The van der Waals surface area contributed by atoms with Crippen molar-refractivity contribution >= 4 is 5.69 Å². The fourth-order valence-corrected chi connectivity index (χ4v) is 1.84. The summed E-state index contributed by atoms with van der Waals surface area (Å²) in [6.07, 6.45) is 1.89. The molecule has 1 aromatic heterocycles. The largest absolute Gasteiger partial charge is 0.489 e. The highest BCUT2D eigenvalue weighted by Gasteiger charge is 2.11. The minimum Gasteiger partial charge on any atom is -0.489 e. The first-order valence-corrected chi connectivity index (χ1v) is 6.06. The molecule has 0 aliphatic rings. The Kier molecular flexibility index (Phi) is 3.28. The van der Waals surface area contributed by atoms with E-state index in [1.807, 2.05) is 50.5 Å². The summed E-state index contributed by atoms with van der Waals surface area (Å²) >= 11 is 0. The Morgan fingerprint density at radius 2 is 2.00 bits per heavy atom. The van der Waals surface area contributed by atoms with E-state index in [2.05, 4.69) is 4.98 Å². The normalized spacial score (nSPS) is 10.9. The van der Waals surface area contributed by atoms with E-state index in [-0.39, 0.29) is 6.10 Å². The topological polar surface area (TPSA) is 53.1 Å². The maximum Gasteiger partial charge on any atom is 0.144 e. The SMILES string of the molecule is Cc1ncn(-c2cccc(OC(C)C)c2N)c1C. The first-order valence-electron chi connectivity index (χ1n) is 6.06. The monoisotopic (exact) mass is 245 g/mol. The number of nitrogens with two attached hydrogens (primary N) is 1. The van der Waals surface area contributed by atoms with Gasteiger partial charge < -0.3 is 15.0 Å². The van der Waals surface area contributed by atoms with Crippen molar-refractivity contribution in [2.24, 2.45) is 0 Å². The standard InChI is InChI=1S/C14H19N3O/c1-9(2)18-13-7-5-6-12(14(13)15)17-8-16-10(3)11(17)4/h5-9H,15H2,1-4H3. The Hall–Kier alpha value is -1.97. The van der Waals surface area contributed by atoms with Crippen LogP contribution in [-0.4, -0.2) is 15.7 Å². The third kappa shape index (κ3) is 2.18. The van der Waals surface area contributed by atoms with Crippen LogP contribution in [0.2, 0.25) is 0 Å². The van der Waals surface area contributed by atoms with Gasteiger partial charge in [0.1, 0.15) is 5.75 Å². The van der Waals surface area contributed by atoms with Crippen LogP contribution in [0.4, 0.5) is 5.69 Å². The number of hydrogen-bond acceptors (Lipinski definition) is 3. The van der Waals surface area contributed by atoms with E-state index in [4.69, 9.17) is 10.5 Å². The highest BCUT2D eigenvalue weighted by atomic mass is 16.5. The molecular formula is C14H19N3O. The van der Waals surface area contributed by atoms with Gasteiger partial charge >= 0.3 is 0 Å². The molecule has 0 bridgehead atoms. The molecule has 18 heavy (non-hydrogen) atoms. The molecule has 1 heterocycles. The van der Waals surface area contributed by atoms with E-state index in [0.29, 0.717) is 11.4 Å². The van der Waals surface area contributed by atoms with Crippen LogP contribution >= 0.6 is 0 Å². The summed E-state index contributed by atoms with van der Waals surface area (Å²) in [7, 11) is 0. The van der Waals surface area contributed by atoms with Crippen LogP contribution in [0.3, 0.4) is 0 Å². The lowest BCUT2D eigenvalue weighted by Crippen LogP contribution is -2.09. The van der Waals surface area contributed by atoms with Crippen LogP contribution in [-0.2, 0) is 0 Å². The molecule has 2 aromatic rings. The van der Waals surface area contributed by atoms with Gasteiger partial charge in [0.15, 0.2) is 0 Å². The van der Waals surface area contributed by atoms with Crippen molar-refractivity contribution in [2.45, 2.75) is 33.8 Å². The predicted octanol–water partition coefficient (Wildman–Crippen LogP) is 2.86. The second kappa shape index (κ2) is 4.72. The molecular weight excluding hydrogens is 226 g/mol. The number of nitrogens with zero attached hydrogens (tertiary/aromatic N) is 2. The molecule has 0 saturated heterocycles. The van der Waals surface area contributed by atoms with Crippen LogP contribution in [0, 0.1) is 13.8 Å². The van der Waals surface area contributed by atoms with E-state index in [1.54, 1.807) is 6.33 Å². The third-order valence-corrected chi connectivity index (χ3v) is 2.92. The average molecular weight is 245 g/mol. The Balaban J connectivity index is 2.49. The van der Waals surface area contributed by atoms with Crippen LogP contribution in [0.1, 0.15) is 25.2 Å². The van der Waals surface area contributed by atoms with Gasteiger partial charge in [0.25, 0.3) is 0 Å². The van der Waals surface area contributed by atoms with Gasteiger partial charge in [-0.3, -0.25) is 0 Å². The molecule has 0 atom stereocenters. The summed E-state index contributed by atoms with van der Waals surface area (Å²) < 4.78 is 7.68. The van der Waals surface area contributed by atoms with Gasteiger partial charge in [0, 0.05) is 5.69 Å². The van der Waals surface area contributed by atoms with Gasteiger partial charge in [-0.1, -0.05) is 6.07 Å². The Morgan fingerprint density at radius 1 is 1.28 bits per heavy atom. The molecule has 0 unspecified atom stereocenters. The first kappa shape index (κ1) is 12.5. The van der Waals surface area contributed by atoms with Crippen molar-refractivity contribution in [3.8, 4) is 11.4 Å². The lowest BCUT2D eigenvalue weighted by molar-refractivity contribution is 0.244. The summed E-state index contributed by atoms with van der Waals surface area (Å²) in [5, 5.41) is 0. The van der Waals surface area contributed by atoms with Crippen molar-refractivity contribution in [1.82, 2.24) is 9.55 Å². The van der Waals surface area contributed by atoms with E-state index in [1.165, 1.54) is 0 Å². The number of benzene rings is 1. The van der Waals surface area contributed by atoms with Crippen molar-refractivity contribution in [2.75, 3.05) is 5.73 Å². The summed E-state index contributed by atoms with van der Waals surface area (Å²) in [5.74, 6) is 0.716. The fourth-order valence-electron chi connectivity index (χ4n) is 1.84. The minimum absolute atomic E-state index is 0.105. The van der Waals surface area contributed by atoms with E-state index in [9.17, 15) is 0 Å². The number of imidazole rings is 1. The number of aryl methyl sites for hydroxylation is 1. The summed E-state index contributed by atoms with van der Waals surface area (Å²) in [6.45, 7) is 7.98. The van der Waals surface area contributed by atoms with E-state index < -0.39 is 0 Å². The number of nitrogen functional groups attached to an aromatic ring is 1. The molecule has 2 rings (SSSR count). The van der Waals surface area contributed by atoms with Gasteiger partial charge in [-0.25, -0.2) is 4.98 Å². The molecule has 0 amide bonds. The number of anilines is 1. The van der Waals surface area contributed by atoms with Crippen molar-refractivity contribution < 1.29 is 4.74 Å². The van der Waals surface area contributed by atoms with Gasteiger partial charge in [-0.15, -0.1) is 0 Å². The Labute approximate surface area is 107 Å². The molecule has 0 saturated carbocycles. The minimum atomic E-state index is 0.105. The van der Waals surface area contributed by atoms with E-state index >= 15 is 0 Å². The lowest BCUT2D eigenvalue weighted by atomic mass is 10.2. The molecule has 4 heteroatoms. The Morgan fingerprint density at radius 3 is 2.56 bits per heavy atom.